The van der Waals surface area contributed by atoms with Crippen molar-refractivity contribution in [1.29, 1.82) is 0 Å². The number of aromatic nitrogens is 1. The number of ether oxygens (including phenoxy) is 1. The summed E-state index contributed by atoms with van der Waals surface area (Å²) in [6.45, 7) is 3.71. The monoisotopic (exact) mass is 579 g/mol. The Labute approximate surface area is 235 Å². The Kier molecular flexibility index (Phi) is 7.07. The molecule has 5 aromatic rings. The summed E-state index contributed by atoms with van der Waals surface area (Å²) in [6, 6.07) is 15.8. The van der Waals surface area contributed by atoms with E-state index in [0.29, 0.717) is 5.69 Å². The largest absolute Gasteiger partial charge is 0.511 e. The zero-order chi connectivity index (χ0) is 30.3. The molecule has 1 aromatic heterocycles. The zero-order valence-corrected chi connectivity index (χ0v) is 21.9. The molecule has 0 saturated heterocycles. The first kappa shape index (κ1) is 28.1. The second kappa shape index (κ2) is 10.5. The number of aryl methyl sites for hydroxylation is 2. The minimum absolute atomic E-state index is 0.0368. The smallest absolute Gasteiger partial charge is 0.505 e. The Morgan fingerprint density at radius 2 is 1.67 bits per heavy atom. The normalized spacial score (nSPS) is 11.9. The van der Waals surface area contributed by atoms with Crippen LogP contribution in [-0.2, 0) is 6.18 Å². The molecule has 8 nitrogen and oxygen atoms in total. The molecule has 42 heavy (non-hydrogen) atoms. The van der Waals surface area contributed by atoms with Gasteiger partial charge in [0.2, 0.25) is 5.88 Å². The number of rotatable bonds is 5. The van der Waals surface area contributed by atoms with Crippen molar-refractivity contribution in [3.05, 3.63) is 95.3 Å². The van der Waals surface area contributed by atoms with Crippen LogP contribution < -0.4 is 4.74 Å². The Morgan fingerprint density at radius 1 is 0.905 bits per heavy atom. The van der Waals surface area contributed by atoms with Crippen molar-refractivity contribution in [1.82, 2.24) is 4.57 Å². The summed E-state index contributed by atoms with van der Waals surface area (Å²) in [5, 5.41) is 39.3. The molecule has 0 radical (unpaired) electrons. The van der Waals surface area contributed by atoms with E-state index in [1.54, 1.807) is 18.2 Å². The van der Waals surface area contributed by atoms with Crippen molar-refractivity contribution >= 4 is 28.4 Å². The first-order valence-corrected chi connectivity index (χ1v) is 12.3. The van der Waals surface area contributed by atoms with Gasteiger partial charge in [-0.3, -0.25) is 4.57 Å². The van der Waals surface area contributed by atoms with Crippen molar-refractivity contribution < 1.29 is 42.4 Å². The summed E-state index contributed by atoms with van der Waals surface area (Å²) < 4.78 is 60.4. The van der Waals surface area contributed by atoms with Crippen molar-refractivity contribution in [2.45, 2.75) is 20.0 Å². The maximum Gasteiger partial charge on any atom is 0.511 e. The average molecular weight is 580 g/mol. The fourth-order valence-electron chi connectivity index (χ4n) is 4.45. The molecule has 214 valence electrons. The van der Waals surface area contributed by atoms with Gasteiger partial charge in [0.15, 0.2) is 23.0 Å². The van der Waals surface area contributed by atoms with E-state index in [1.807, 2.05) is 13.8 Å². The number of phenolic OH excluding ortho intramolecular Hbond substituents is 1. The lowest BCUT2D eigenvalue weighted by atomic mass is 10.0. The maximum atomic E-state index is 14.0. The molecule has 0 amide bonds. The van der Waals surface area contributed by atoms with Gasteiger partial charge in [-0.2, -0.15) is 13.2 Å². The molecule has 0 spiro atoms. The summed E-state index contributed by atoms with van der Waals surface area (Å²) in [7, 11) is 0. The van der Waals surface area contributed by atoms with E-state index in [0.717, 1.165) is 35.4 Å². The third kappa shape index (κ3) is 5.21. The topological polar surface area (TPSA) is 117 Å². The molecule has 0 aliphatic carbocycles. The van der Waals surface area contributed by atoms with Crippen LogP contribution in [0.2, 0.25) is 0 Å². The second-order valence-electron chi connectivity index (χ2n) is 9.39. The highest BCUT2D eigenvalue weighted by molar-refractivity contribution is 5.97. The predicted molar refractivity (Wildman–Crippen MR) is 146 cm³/mol. The Balaban J connectivity index is 1.63. The van der Waals surface area contributed by atoms with Crippen LogP contribution in [0.25, 0.3) is 27.7 Å². The van der Waals surface area contributed by atoms with Gasteiger partial charge >= 0.3 is 12.3 Å². The summed E-state index contributed by atoms with van der Waals surface area (Å²) >= 11 is 0. The molecule has 3 N–H and O–H groups in total. The number of hydrogen-bond acceptors (Lipinski definition) is 6. The van der Waals surface area contributed by atoms with Crippen molar-refractivity contribution in [2.75, 3.05) is 0 Å². The van der Waals surface area contributed by atoms with Gasteiger partial charge < -0.3 is 20.1 Å². The fourth-order valence-corrected chi connectivity index (χ4v) is 4.45. The van der Waals surface area contributed by atoms with Crippen LogP contribution in [0, 0.1) is 19.7 Å². The van der Waals surface area contributed by atoms with Crippen LogP contribution in [0.3, 0.4) is 0 Å². The molecular formula is C30H21F4N3O5. The SMILES string of the molecule is Cc1ccc(-n2c(O)c(N=Nc3cccc(-c4ccc(F)c(OC(=O)O)c4)c3O)c3ccc(C(F)(F)F)cc32)cc1C. The minimum atomic E-state index is -4.63. The van der Waals surface area contributed by atoms with E-state index in [1.165, 1.54) is 34.9 Å². The molecule has 0 fully saturated rings. The quantitative estimate of drug-likeness (QED) is 0.0832. The maximum absolute atomic E-state index is 14.0. The summed E-state index contributed by atoms with van der Waals surface area (Å²) in [6.07, 6.45) is -6.36. The number of fused-ring (bicyclic) bond motifs is 1. The molecule has 12 heteroatoms. The van der Waals surface area contributed by atoms with E-state index in [9.17, 15) is 32.6 Å². The van der Waals surface area contributed by atoms with Gasteiger partial charge in [0.1, 0.15) is 5.69 Å². The number of azo groups is 1. The summed E-state index contributed by atoms with van der Waals surface area (Å²) in [5.41, 5.74) is 1.44. The third-order valence-electron chi connectivity index (χ3n) is 6.71. The Bertz CT molecular complexity index is 1900. The van der Waals surface area contributed by atoms with E-state index >= 15 is 0 Å². The van der Waals surface area contributed by atoms with Gasteiger partial charge in [-0.1, -0.05) is 24.3 Å². The molecule has 0 aliphatic heterocycles. The van der Waals surface area contributed by atoms with Crippen LogP contribution in [0.1, 0.15) is 16.7 Å². The number of alkyl halides is 3. The number of phenols is 1. The van der Waals surface area contributed by atoms with Gasteiger partial charge in [0.05, 0.1) is 11.1 Å². The zero-order valence-electron chi connectivity index (χ0n) is 21.9. The first-order chi connectivity index (χ1) is 19.8. The number of halogens is 4. The Hall–Kier alpha value is -5.39. The van der Waals surface area contributed by atoms with E-state index in [4.69, 9.17) is 5.11 Å². The van der Waals surface area contributed by atoms with Crippen LogP contribution in [0.5, 0.6) is 17.4 Å². The van der Waals surface area contributed by atoms with Gasteiger partial charge in [-0.15, -0.1) is 10.2 Å². The second-order valence-corrected chi connectivity index (χ2v) is 9.39. The van der Waals surface area contributed by atoms with E-state index in [2.05, 4.69) is 15.0 Å². The lowest BCUT2D eigenvalue weighted by Gasteiger charge is -2.11. The van der Waals surface area contributed by atoms with Crippen LogP contribution in [-0.4, -0.2) is 26.0 Å². The van der Waals surface area contributed by atoms with Gasteiger partial charge in [-0.05, 0) is 79.1 Å². The van der Waals surface area contributed by atoms with Crippen molar-refractivity contribution in [2.24, 2.45) is 10.2 Å². The number of carbonyl (C=O) groups is 1. The lowest BCUT2D eigenvalue weighted by molar-refractivity contribution is -0.137. The number of aromatic hydroxyl groups is 2. The van der Waals surface area contributed by atoms with Crippen molar-refractivity contribution in [3.8, 4) is 34.2 Å². The van der Waals surface area contributed by atoms with Gasteiger partial charge in [0.25, 0.3) is 0 Å². The number of para-hydroxylation sites is 1. The first-order valence-electron chi connectivity index (χ1n) is 12.3. The number of benzene rings is 4. The fraction of sp³-hybridized carbons (Fsp3) is 0.100. The predicted octanol–water partition coefficient (Wildman–Crippen LogP) is 8.96. The summed E-state index contributed by atoms with van der Waals surface area (Å²) in [4.78, 5) is 10.9. The molecule has 0 saturated carbocycles. The third-order valence-corrected chi connectivity index (χ3v) is 6.71. The molecule has 5 rings (SSSR count). The van der Waals surface area contributed by atoms with Crippen LogP contribution >= 0.6 is 0 Å². The van der Waals surface area contributed by atoms with Crippen LogP contribution in [0.15, 0.2) is 83.0 Å². The van der Waals surface area contributed by atoms with E-state index in [-0.39, 0.29) is 33.4 Å². The van der Waals surface area contributed by atoms with E-state index < -0.39 is 41.1 Å². The number of nitrogens with zero attached hydrogens (tertiary/aromatic N) is 3. The minimum Gasteiger partial charge on any atom is -0.505 e. The standard InChI is InChI=1S/C30H21F4N3O5/c1-15-6-9-19(12-16(15)2)37-24-14-18(30(32,33)34)8-10-21(24)26(28(37)39)36-35-23-5-3-4-20(27(23)38)17-7-11-22(31)25(13-17)42-29(40)41/h3-14,38-39H,1-2H3,(H,40,41). The molecular weight excluding hydrogens is 558 g/mol. The average Bonchev–Trinajstić information content (AvgIpc) is 3.20. The highest BCUT2D eigenvalue weighted by Crippen LogP contribution is 2.45. The molecule has 0 unspecified atom stereocenters. The van der Waals surface area contributed by atoms with Gasteiger partial charge in [-0.25, -0.2) is 9.18 Å². The number of carboxylic acid groups (broad SMARTS) is 1. The molecule has 0 bridgehead atoms. The van der Waals surface area contributed by atoms with Crippen molar-refractivity contribution in [3.63, 3.8) is 0 Å². The Morgan fingerprint density at radius 3 is 2.36 bits per heavy atom. The lowest BCUT2D eigenvalue weighted by Crippen LogP contribution is -2.05. The molecule has 1 heterocycles. The van der Waals surface area contributed by atoms with Crippen LogP contribution in [0.4, 0.5) is 33.7 Å². The molecule has 0 aliphatic rings. The number of hydrogen-bond donors (Lipinski definition) is 3. The van der Waals surface area contributed by atoms with Gasteiger partial charge in [0, 0.05) is 16.6 Å². The highest BCUT2D eigenvalue weighted by Gasteiger charge is 2.32. The molecule has 4 aromatic carbocycles. The molecule has 0 atom stereocenters. The highest BCUT2D eigenvalue weighted by atomic mass is 19.4. The summed E-state index contributed by atoms with van der Waals surface area (Å²) in [5.74, 6) is -2.39.